The summed E-state index contributed by atoms with van der Waals surface area (Å²) in [6.45, 7) is 0. The van der Waals surface area contributed by atoms with Gasteiger partial charge in [-0.1, -0.05) is 188 Å². The summed E-state index contributed by atoms with van der Waals surface area (Å²) in [5, 5.41) is 10.2. The molecule has 0 saturated carbocycles. The third kappa shape index (κ3) is 4.97. The summed E-state index contributed by atoms with van der Waals surface area (Å²) in [6, 6.07) is 84.2. The number of benzene rings is 11. The Labute approximate surface area is 379 Å². The molecule has 11 aromatic carbocycles. The van der Waals surface area contributed by atoms with Gasteiger partial charge in [-0.2, -0.15) is 0 Å². The Bertz CT molecular complexity index is 3900. The van der Waals surface area contributed by atoms with Crippen molar-refractivity contribution >= 4 is 92.7 Å². The lowest BCUT2D eigenvalue weighted by Crippen LogP contribution is -2.32. The normalized spacial score (nSPS) is 14.9. The first kappa shape index (κ1) is 36.1. The predicted molar refractivity (Wildman–Crippen MR) is 273 cm³/mol. The van der Waals surface area contributed by atoms with Gasteiger partial charge in [-0.25, -0.2) is 0 Å². The van der Waals surface area contributed by atoms with Gasteiger partial charge in [-0.15, -0.1) is 11.3 Å². The van der Waals surface area contributed by atoms with Gasteiger partial charge in [0.2, 0.25) is 0 Å². The molecule has 2 heterocycles. The highest BCUT2D eigenvalue weighted by atomic mass is 32.2. The maximum absolute atomic E-state index is 2.57. The van der Waals surface area contributed by atoms with E-state index in [-0.39, 0.29) is 0 Å². The maximum atomic E-state index is 2.57. The fourth-order valence-corrected chi connectivity index (χ4v) is 13.8. The molecule has 0 N–H and O–H groups in total. The van der Waals surface area contributed by atoms with Crippen molar-refractivity contribution < 1.29 is 0 Å². The van der Waals surface area contributed by atoms with Crippen molar-refractivity contribution in [1.82, 2.24) is 0 Å². The van der Waals surface area contributed by atoms with Crippen LogP contribution in [0.4, 0.5) is 17.1 Å². The summed E-state index contributed by atoms with van der Waals surface area (Å²) in [6.07, 6.45) is 0. The lowest BCUT2D eigenvalue weighted by molar-refractivity contribution is 0.723. The smallest absolute Gasteiger partial charge is 0.0736 e. The Morgan fingerprint density at radius 1 is 0.375 bits per heavy atom. The molecule has 1 unspecified atom stereocenters. The van der Waals surface area contributed by atoms with Crippen LogP contribution in [0.25, 0.3) is 74.7 Å². The number of hydrogen-bond donors (Lipinski definition) is 0. The predicted octanol–water partition coefficient (Wildman–Crippen LogP) is 17.5. The van der Waals surface area contributed by atoms with Crippen molar-refractivity contribution in [2.24, 2.45) is 0 Å². The fourth-order valence-electron chi connectivity index (χ4n) is 11.3. The van der Waals surface area contributed by atoms with Gasteiger partial charge in [0.15, 0.2) is 0 Å². The van der Waals surface area contributed by atoms with Crippen LogP contribution in [-0.4, -0.2) is 0 Å². The van der Waals surface area contributed by atoms with Gasteiger partial charge in [-0.3, -0.25) is 0 Å². The summed E-state index contributed by atoms with van der Waals surface area (Å²) in [7, 11) is 0. The van der Waals surface area contributed by atoms with E-state index in [2.05, 4.69) is 229 Å². The van der Waals surface area contributed by atoms with Crippen LogP contribution in [-0.2, 0) is 5.41 Å². The van der Waals surface area contributed by atoms with Crippen LogP contribution in [0.3, 0.4) is 0 Å². The van der Waals surface area contributed by atoms with Crippen LogP contribution in [0, 0.1) is 0 Å². The third-order valence-electron chi connectivity index (χ3n) is 13.9. The minimum Gasteiger partial charge on any atom is -0.309 e. The molecule has 2 aliphatic rings. The summed E-state index contributed by atoms with van der Waals surface area (Å²) in [5.74, 6) is 0. The first-order valence-corrected chi connectivity index (χ1v) is 23.6. The highest BCUT2D eigenvalue weighted by Gasteiger charge is 2.51. The van der Waals surface area contributed by atoms with Gasteiger partial charge >= 0.3 is 0 Å². The van der Waals surface area contributed by atoms with Crippen LogP contribution in [0.2, 0.25) is 0 Å². The van der Waals surface area contributed by atoms with E-state index in [0.717, 1.165) is 5.69 Å². The van der Waals surface area contributed by atoms with Crippen LogP contribution in [0.1, 0.15) is 22.3 Å². The first-order valence-electron chi connectivity index (χ1n) is 22.0. The van der Waals surface area contributed by atoms with E-state index in [0.29, 0.717) is 0 Å². The molecule has 0 amide bonds. The van der Waals surface area contributed by atoms with Gasteiger partial charge in [0.1, 0.15) is 0 Å². The van der Waals surface area contributed by atoms with Gasteiger partial charge in [0, 0.05) is 35.7 Å². The van der Waals surface area contributed by atoms with Crippen LogP contribution >= 0.6 is 23.1 Å². The molecule has 1 aromatic heterocycles. The molecular weight excluding hydrogens is 811 g/mol. The van der Waals surface area contributed by atoms with E-state index in [9.17, 15) is 0 Å². The van der Waals surface area contributed by atoms with Crippen LogP contribution in [0.5, 0.6) is 0 Å². The Balaban J connectivity index is 1.10. The second-order valence-electron chi connectivity index (χ2n) is 17.1. The van der Waals surface area contributed by atoms with Crippen molar-refractivity contribution in [3.05, 3.63) is 247 Å². The number of anilines is 3. The number of rotatable bonds is 4. The van der Waals surface area contributed by atoms with Crippen molar-refractivity contribution in [2.45, 2.75) is 15.2 Å². The molecule has 14 rings (SSSR count). The van der Waals surface area contributed by atoms with Crippen molar-refractivity contribution in [1.29, 1.82) is 0 Å². The fraction of sp³-hybridized carbons (Fsp3) is 0.0164. The second kappa shape index (κ2) is 13.8. The minimum atomic E-state index is -0.526. The standard InChI is InChI=1S/C61H37NS2/c1-2-19-41(20-3-1)62(54-36-40(37-57-59(54)47-26-11-14-31-55(47)63-57)48-35-39-18-5-6-21-42(39)44-23-8-9-24-45(44)48)53-30-16-29-52-60(53)64-56-32-15-13-28-50(56)61(52)49-27-12-10-25-46(49)58-43-22-7-4-17-38(43)33-34-51(58)61/h1-37H. The van der Waals surface area contributed by atoms with Crippen molar-refractivity contribution in [3.8, 4) is 22.3 Å². The highest BCUT2D eigenvalue weighted by Crippen LogP contribution is 2.65. The largest absolute Gasteiger partial charge is 0.309 e. The van der Waals surface area contributed by atoms with E-state index in [1.807, 2.05) is 23.1 Å². The molecule has 1 atom stereocenters. The van der Waals surface area contributed by atoms with Crippen LogP contribution < -0.4 is 4.90 Å². The molecule has 1 nitrogen and oxygen atoms in total. The molecule has 0 saturated heterocycles. The van der Waals surface area contributed by atoms with Gasteiger partial charge in [-0.05, 0) is 125 Å². The molecule has 1 aliphatic carbocycles. The molecule has 64 heavy (non-hydrogen) atoms. The Morgan fingerprint density at radius 2 is 1.05 bits per heavy atom. The first-order chi connectivity index (χ1) is 31.8. The van der Waals surface area contributed by atoms with Crippen molar-refractivity contribution in [2.75, 3.05) is 4.90 Å². The molecule has 298 valence electrons. The van der Waals surface area contributed by atoms with Gasteiger partial charge < -0.3 is 4.90 Å². The lowest BCUT2D eigenvalue weighted by atomic mass is 9.67. The SMILES string of the molecule is c1ccc(N(c2cccc3c2Sc2ccccc2C32c3ccccc3-c3c2ccc2ccccc32)c2cc(-c3cc4ccccc4c4ccccc34)cc3sc4ccccc4c23)cc1. The summed E-state index contributed by atoms with van der Waals surface area (Å²) < 4.78 is 2.56. The second-order valence-corrected chi connectivity index (χ2v) is 19.2. The third-order valence-corrected chi connectivity index (χ3v) is 16.2. The Hall–Kier alpha value is -7.43. The average molecular weight is 848 g/mol. The zero-order chi connectivity index (χ0) is 41.9. The summed E-state index contributed by atoms with van der Waals surface area (Å²) in [5.41, 5.74) is 13.4. The minimum absolute atomic E-state index is 0.526. The van der Waals surface area contributed by atoms with E-state index in [4.69, 9.17) is 0 Å². The number of thiophene rings is 1. The van der Waals surface area contributed by atoms with E-state index >= 15 is 0 Å². The van der Waals surface area contributed by atoms with Crippen molar-refractivity contribution in [3.63, 3.8) is 0 Å². The van der Waals surface area contributed by atoms with Gasteiger partial charge in [0.05, 0.1) is 16.8 Å². The molecule has 12 aromatic rings. The Kier molecular flexibility index (Phi) is 7.77. The number of nitrogens with zero attached hydrogens (tertiary/aromatic N) is 1. The number of fused-ring (bicyclic) bond motifs is 17. The molecule has 1 aliphatic heterocycles. The van der Waals surface area contributed by atoms with E-state index < -0.39 is 5.41 Å². The zero-order valence-electron chi connectivity index (χ0n) is 34.6. The number of para-hydroxylation sites is 1. The molecular formula is C61H37NS2. The summed E-state index contributed by atoms with van der Waals surface area (Å²) >= 11 is 3.81. The lowest BCUT2D eigenvalue weighted by Gasteiger charge is -2.41. The Morgan fingerprint density at radius 3 is 1.92 bits per heavy atom. The topological polar surface area (TPSA) is 3.24 Å². The molecule has 0 bridgehead atoms. The monoisotopic (exact) mass is 847 g/mol. The average Bonchev–Trinajstić information content (AvgIpc) is 3.88. The van der Waals surface area contributed by atoms with E-state index in [1.54, 1.807) is 0 Å². The number of hydrogen-bond acceptors (Lipinski definition) is 3. The van der Waals surface area contributed by atoms with E-state index in [1.165, 1.54) is 118 Å². The molecule has 1 spiro atoms. The highest BCUT2D eigenvalue weighted by molar-refractivity contribution is 7.99. The quantitative estimate of drug-likeness (QED) is 0.162. The van der Waals surface area contributed by atoms with Crippen LogP contribution in [0.15, 0.2) is 234 Å². The zero-order valence-corrected chi connectivity index (χ0v) is 36.3. The molecule has 0 fully saturated rings. The molecule has 0 radical (unpaired) electrons. The maximum Gasteiger partial charge on any atom is 0.0736 e. The molecule has 3 heteroatoms. The summed E-state index contributed by atoms with van der Waals surface area (Å²) in [4.78, 5) is 5.13. The van der Waals surface area contributed by atoms with Gasteiger partial charge in [0.25, 0.3) is 0 Å².